The number of carbonyl (C=O) groups is 2. The van der Waals surface area contributed by atoms with Crippen LogP contribution >= 0.6 is 0 Å². The predicted octanol–water partition coefficient (Wildman–Crippen LogP) is 2.44. The summed E-state index contributed by atoms with van der Waals surface area (Å²) in [4.78, 5) is 23.4. The van der Waals surface area contributed by atoms with Gasteiger partial charge >= 0.3 is 5.97 Å². The fourth-order valence-electron chi connectivity index (χ4n) is 2.70. The molecule has 2 N–H and O–H groups in total. The summed E-state index contributed by atoms with van der Waals surface area (Å²) in [6, 6.07) is 5.38. The van der Waals surface area contributed by atoms with Gasteiger partial charge in [0.2, 0.25) is 5.91 Å². The molecule has 0 saturated heterocycles. The monoisotopic (exact) mass is 277 g/mol. The van der Waals surface area contributed by atoms with Crippen LogP contribution in [0.1, 0.15) is 24.8 Å². The zero-order chi connectivity index (χ0) is 14.7. The number of carbonyl (C=O) groups excluding carboxylic acids is 1. The van der Waals surface area contributed by atoms with E-state index in [4.69, 9.17) is 9.84 Å². The largest absolute Gasteiger partial charge is 0.497 e. The van der Waals surface area contributed by atoms with Gasteiger partial charge in [-0.15, -0.1) is 0 Å². The minimum absolute atomic E-state index is 0.205. The van der Waals surface area contributed by atoms with Crippen LogP contribution in [0.4, 0.5) is 5.69 Å². The van der Waals surface area contributed by atoms with Crippen LogP contribution in [-0.2, 0) is 9.59 Å². The Morgan fingerprint density at radius 2 is 2.00 bits per heavy atom. The molecule has 1 aliphatic rings. The van der Waals surface area contributed by atoms with Gasteiger partial charge in [0.15, 0.2) is 0 Å². The first-order chi connectivity index (χ1) is 9.52. The Labute approximate surface area is 117 Å². The molecule has 2 atom stereocenters. The second kappa shape index (κ2) is 5.94. The highest BCUT2D eigenvalue weighted by Gasteiger charge is 2.37. The summed E-state index contributed by atoms with van der Waals surface area (Å²) in [7, 11) is 1.59. The van der Waals surface area contributed by atoms with Crippen molar-refractivity contribution in [2.45, 2.75) is 26.2 Å². The first-order valence-electron chi connectivity index (χ1n) is 6.71. The average molecular weight is 277 g/mol. The van der Waals surface area contributed by atoms with Crippen molar-refractivity contribution in [3.8, 4) is 5.75 Å². The molecule has 1 aromatic carbocycles. The summed E-state index contributed by atoms with van der Waals surface area (Å²) in [5.74, 6) is -1.36. The molecule has 0 heterocycles. The van der Waals surface area contributed by atoms with Crippen molar-refractivity contribution in [1.82, 2.24) is 0 Å². The van der Waals surface area contributed by atoms with E-state index in [9.17, 15) is 9.59 Å². The maximum Gasteiger partial charge on any atom is 0.307 e. The van der Waals surface area contributed by atoms with E-state index in [1.807, 2.05) is 13.0 Å². The van der Waals surface area contributed by atoms with Crippen LogP contribution in [0.3, 0.4) is 0 Å². The van der Waals surface area contributed by atoms with E-state index in [-0.39, 0.29) is 5.91 Å². The van der Waals surface area contributed by atoms with E-state index < -0.39 is 17.8 Å². The number of ether oxygens (including phenoxy) is 1. The normalized spacial score (nSPS) is 21.5. The fourth-order valence-corrected chi connectivity index (χ4v) is 2.70. The second-order valence-electron chi connectivity index (χ2n) is 5.15. The van der Waals surface area contributed by atoms with Gasteiger partial charge in [0.25, 0.3) is 0 Å². The van der Waals surface area contributed by atoms with Crippen LogP contribution in [0.5, 0.6) is 5.75 Å². The third-order valence-corrected chi connectivity index (χ3v) is 3.86. The van der Waals surface area contributed by atoms with E-state index in [2.05, 4.69) is 5.32 Å². The number of aliphatic carboxylic acids is 1. The molecule has 108 valence electrons. The van der Waals surface area contributed by atoms with Crippen molar-refractivity contribution < 1.29 is 19.4 Å². The first-order valence-corrected chi connectivity index (χ1v) is 6.71. The molecule has 1 aromatic rings. The predicted molar refractivity (Wildman–Crippen MR) is 74.8 cm³/mol. The molecule has 0 spiro atoms. The summed E-state index contributed by atoms with van der Waals surface area (Å²) in [6.07, 6.45) is 2.00. The molecule has 2 rings (SSSR count). The minimum atomic E-state index is -0.880. The topological polar surface area (TPSA) is 75.6 Å². The van der Waals surface area contributed by atoms with Gasteiger partial charge in [-0.2, -0.15) is 0 Å². The highest BCUT2D eigenvalue weighted by molar-refractivity contribution is 5.96. The number of hydrogen-bond donors (Lipinski definition) is 2. The SMILES string of the molecule is COc1ccc(NC(=O)C2CCCC2C(=O)O)c(C)c1. The van der Waals surface area contributed by atoms with Crippen molar-refractivity contribution in [2.24, 2.45) is 11.8 Å². The van der Waals surface area contributed by atoms with E-state index in [0.717, 1.165) is 17.7 Å². The quantitative estimate of drug-likeness (QED) is 0.886. The molecule has 20 heavy (non-hydrogen) atoms. The van der Waals surface area contributed by atoms with Crippen LogP contribution in [0, 0.1) is 18.8 Å². The molecule has 0 bridgehead atoms. The van der Waals surface area contributed by atoms with E-state index in [0.29, 0.717) is 18.5 Å². The van der Waals surface area contributed by atoms with Gasteiger partial charge < -0.3 is 15.2 Å². The second-order valence-corrected chi connectivity index (χ2v) is 5.15. The molecule has 0 aromatic heterocycles. The summed E-state index contributed by atoms with van der Waals surface area (Å²) < 4.78 is 5.11. The van der Waals surface area contributed by atoms with Gasteiger partial charge in [-0.3, -0.25) is 9.59 Å². The highest BCUT2D eigenvalue weighted by Crippen LogP contribution is 2.33. The summed E-state index contributed by atoms with van der Waals surface area (Å²) in [5, 5.41) is 12.0. The zero-order valence-corrected chi connectivity index (χ0v) is 11.7. The molecule has 1 fully saturated rings. The zero-order valence-electron chi connectivity index (χ0n) is 11.7. The summed E-state index contributed by atoms with van der Waals surface area (Å²) in [5.41, 5.74) is 1.59. The number of aryl methyl sites for hydroxylation is 1. The van der Waals surface area contributed by atoms with Gasteiger partial charge in [-0.05, 0) is 43.5 Å². The maximum atomic E-state index is 12.2. The Bertz CT molecular complexity index is 527. The Morgan fingerprint density at radius 3 is 2.60 bits per heavy atom. The number of amides is 1. The lowest BCUT2D eigenvalue weighted by molar-refractivity contribution is -0.145. The number of hydrogen-bond acceptors (Lipinski definition) is 3. The standard InChI is InChI=1S/C15H19NO4/c1-9-8-10(20-2)6-7-13(9)16-14(17)11-4-3-5-12(11)15(18)19/h6-8,11-12H,3-5H2,1-2H3,(H,16,17)(H,18,19). The van der Waals surface area contributed by atoms with Gasteiger partial charge in [-0.1, -0.05) is 6.42 Å². The lowest BCUT2D eigenvalue weighted by atomic mass is 9.95. The van der Waals surface area contributed by atoms with Crippen molar-refractivity contribution in [3.63, 3.8) is 0 Å². The smallest absolute Gasteiger partial charge is 0.307 e. The Hall–Kier alpha value is -2.04. The molecular weight excluding hydrogens is 258 g/mol. The molecular formula is C15H19NO4. The molecule has 5 nitrogen and oxygen atoms in total. The van der Waals surface area contributed by atoms with Crippen LogP contribution < -0.4 is 10.1 Å². The highest BCUT2D eigenvalue weighted by atomic mass is 16.5. The molecule has 1 aliphatic carbocycles. The third-order valence-electron chi connectivity index (χ3n) is 3.86. The summed E-state index contributed by atoms with van der Waals surface area (Å²) >= 11 is 0. The molecule has 1 amide bonds. The van der Waals surface area contributed by atoms with Crippen LogP contribution in [-0.4, -0.2) is 24.1 Å². The van der Waals surface area contributed by atoms with Crippen molar-refractivity contribution >= 4 is 17.6 Å². The number of benzene rings is 1. The van der Waals surface area contributed by atoms with Crippen molar-refractivity contribution in [2.75, 3.05) is 12.4 Å². The van der Waals surface area contributed by atoms with Crippen LogP contribution in [0.2, 0.25) is 0 Å². The number of methoxy groups -OCH3 is 1. The van der Waals surface area contributed by atoms with Gasteiger partial charge in [0.05, 0.1) is 18.9 Å². The number of carboxylic acids is 1. The Balaban J connectivity index is 2.10. The first kappa shape index (κ1) is 14.4. The van der Waals surface area contributed by atoms with E-state index in [1.54, 1.807) is 19.2 Å². The van der Waals surface area contributed by atoms with E-state index >= 15 is 0 Å². The van der Waals surface area contributed by atoms with Gasteiger partial charge in [0.1, 0.15) is 5.75 Å². The molecule has 1 saturated carbocycles. The molecule has 0 radical (unpaired) electrons. The van der Waals surface area contributed by atoms with Crippen molar-refractivity contribution in [3.05, 3.63) is 23.8 Å². The lowest BCUT2D eigenvalue weighted by Gasteiger charge is -2.17. The Kier molecular flexibility index (Phi) is 4.27. The summed E-state index contributed by atoms with van der Waals surface area (Å²) in [6.45, 7) is 1.88. The van der Waals surface area contributed by atoms with Gasteiger partial charge in [0, 0.05) is 5.69 Å². The number of anilines is 1. The fraction of sp³-hybridized carbons (Fsp3) is 0.467. The molecule has 5 heteroatoms. The van der Waals surface area contributed by atoms with Crippen molar-refractivity contribution in [1.29, 1.82) is 0 Å². The van der Waals surface area contributed by atoms with E-state index in [1.165, 1.54) is 0 Å². The molecule has 0 aliphatic heterocycles. The lowest BCUT2D eigenvalue weighted by Crippen LogP contribution is -2.30. The van der Waals surface area contributed by atoms with Gasteiger partial charge in [-0.25, -0.2) is 0 Å². The maximum absolute atomic E-state index is 12.2. The number of rotatable bonds is 4. The number of carboxylic acid groups (broad SMARTS) is 1. The minimum Gasteiger partial charge on any atom is -0.497 e. The van der Waals surface area contributed by atoms with Crippen LogP contribution in [0.15, 0.2) is 18.2 Å². The number of nitrogens with one attached hydrogen (secondary N) is 1. The third kappa shape index (κ3) is 2.92. The van der Waals surface area contributed by atoms with Crippen LogP contribution in [0.25, 0.3) is 0 Å². The molecule has 2 unspecified atom stereocenters. The average Bonchev–Trinajstić information content (AvgIpc) is 2.90. The Morgan fingerprint density at radius 1 is 1.30 bits per heavy atom.